The number of nitrogens with one attached hydrogen (secondary N) is 1. The third kappa shape index (κ3) is 3.97. The highest BCUT2D eigenvalue weighted by Gasteiger charge is 2.15. The van der Waals surface area contributed by atoms with Gasteiger partial charge in [-0.25, -0.2) is 13.1 Å². The van der Waals surface area contributed by atoms with Crippen molar-refractivity contribution in [2.75, 3.05) is 25.0 Å². The second kappa shape index (κ2) is 6.17. The lowest BCUT2D eigenvalue weighted by Gasteiger charge is -2.18. The summed E-state index contributed by atoms with van der Waals surface area (Å²) >= 11 is 0. The summed E-state index contributed by atoms with van der Waals surface area (Å²) in [5.41, 5.74) is 6.42. The molecule has 1 rings (SSSR count). The van der Waals surface area contributed by atoms with Crippen LogP contribution in [0.25, 0.3) is 0 Å². The first kappa shape index (κ1) is 14.9. The van der Waals surface area contributed by atoms with E-state index in [1.807, 2.05) is 11.9 Å². The zero-order chi connectivity index (χ0) is 13.8. The molecule has 0 aliphatic heterocycles. The molecule has 0 atom stereocenters. The molecule has 0 saturated carbocycles. The molecule has 0 unspecified atom stereocenters. The lowest BCUT2D eigenvalue weighted by Crippen LogP contribution is -2.30. The zero-order valence-corrected chi connectivity index (χ0v) is 11.9. The number of anilines is 1. The molecule has 5 nitrogen and oxygen atoms in total. The minimum Gasteiger partial charge on any atom is -0.373 e. The Labute approximate surface area is 109 Å². The molecule has 3 N–H and O–H groups in total. The van der Waals surface area contributed by atoms with Crippen LogP contribution in [0.4, 0.5) is 5.69 Å². The Morgan fingerprint density at radius 2 is 1.83 bits per heavy atom. The smallest absolute Gasteiger partial charge is 0.240 e. The highest BCUT2D eigenvalue weighted by molar-refractivity contribution is 7.89. The predicted molar refractivity (Wildman–Crippen MR) is 74.2 cm³/mol. The number of nitrogens with zero attached hydrogens (tertiary/aromatic N) is 1. The molecule has 0 fully saturated rings. The fourth-order valence-electron chi connectivity index (χ4n) is 1.58. The number of hydrogen-bond acceptors (Lipinski definition) is 4. The van der Waals surface area contributed by atoms with E-state index in [1.165, 1.54) is 0 Å². The fraction of sp³-hybridized carbons (Fsp3) is 0.500. The van der Waals surface area contributed by atoms with Crippen molar-refractivity contribution in [2.24, 2.45) is 5.73 Å². The molecule has 0 radical (unpaired) electrons. The molecule has 1 aromatic rings. The van der Waals surface area contributed by atoms with Gasteiger partial charge in [-0.3, -0.25) is 0 Å². The summed E-state index contributed by atoms with van der Waals surface area (Å²) in [6, 6.07) is 6.66. The van der Waals surface area contributed by atoms with Crippen LogP contribution >= 0.6 is 0 Å². The van der Waals surface area contributed by atoms with E-state index in [4.69, 9.17) is 5.73 Å². The van der Waals surface area contributed by atoms with Crippen molar-refractivity contribution in [3.63, 3.8) is 0 Å². The Hall–Kier alpha value is -1.11. The van der Waals surface area contributed by atoms with Crippen LogP contribution in [0.3, 0.4) is 0 Å². The number of sulfonamides is 1. The molecule has 0 aliphatic carbocycles. The van der Waals surface area contributed by atoms with Gasteiger partial charge in [0.2, 0.25) is 10.0 Å². The third-order valence-corrected chi connectivity index (χ3v) is 4.12. The van der Waals surface area contributed by atoms with Crippen LogP contribution in [0.5, 0.6) is 0 Å². The summed E-state index contributed by atoms with van der Waals surface area (Å²) in [5.74, 6) is 0. The van der Waals surface area contributed by atoms with Gasteiger partial charge in [-0.2, -0.15) is 0 Å². The quantitative estimate of drug-likeness (QED) is 0.801. The van der Waals surface area contributed by atoms with Crippen LogP contribution in [-0.4, -0.2) is 34.6 Å². The van der Waals surface area contributed by atoms with Gasteiger partial charge in [0.05, 0.1) is 4.90 Å². The Morgan fingerprint density at radius 3 is 2.28 bits per heavy atom. The lowest BCUT2D eigenvalue weighted by atomic mass is 10.3. The van der Waals surface area contributed by atoms with Crippen molar-refractivity contribution in [3.8, 4) is 0 Å². The lowest BCUT2D eigenvalue weighted by molar-refractivity contribution is 0.570. The monoisotopic (exact) mass is 271 g/mol. The Morgan fingerprint density at radius 1 is 1.28 bits per heavy atom. The van der Waals surface area contributed by atoms with E-state index in [-0.39, 0.29) is 10.9 Å². The zero-order valence-electron chi connectivity index (χ0n) is 11.1. The second-order valence-electron chi connectivity index (χ2n) is 4.48. The van der Waals surface area contributed by atoms with Crippen LogP contribution in [0.2, 0.25) is 0 Å². The maximum Gasteiger partial charge on any atom is 0.240 e. The Bertz CT molecular complexity index is 469. The number of nitrogens with two attached hydrogens (primary N) is 1. The van der Waals surface area contributed by atoms with E-state index in [0.29, 0.717) is 6.54 Å². The molecule has 6 heteroatoms. The fourth-order valence-corrected chi connectivity index (χ4v) is 2.83. The maximum absolute atomic E-state index is 11.9. The van der Waals surface area contributed by atoms with Gasteiger partial charge in [0.15, 0.2) is 0 Å². The highest BCUT2D eigenvalue weighted by atomic mass is 32.2. The average molecular weight is 271 g/mol. The summed E-state index contributed by atoms with van der Waals surface area (Å²) < 4.78 is 26.4. The Kier molecular flexibility index (Phi) is 5.13. The molecule has 0 saturated heterocycles. The maximum atomic E-state index is 11.9. The molecule has 0 bridgehead atoms. The average Bonchev–Trinajstić information content (AvgIpc) is 2.28. The van der Waals surface area contributed by atoms with Crippen molar-refractivity contribution in [2.45, 2.75) is 24.8 Å². The molecule has 0 amide bonds. The number of likely N-dealkylation sites (N-methyl/N-ethyl adjacent to an activating group) is 1. The normalized spacial score (nSPS) is 11.8. The first-order valence-corrected chi connectivity index (χ1v) is 7.38. The molecule has 1 aromatic carbocycles. The van der Waals surface area contributed by atoms with Crippen LogP contribution in [-0.2, 0) is 10.0 Å². The predicted octanol–water partition coefficient (Wildman–Crippen LogP) is 0.768. The molecule has 0 spiro atoms. The summed E-state index contributed by atoms with van der Waals surface area (Å²) in [7, 11) is -1.49. The summed E-state index contributed by atoms with van der Waals surface area (Å²) in [6.07, 6.45) is 0. The van der Waals surface area contributed by atoms with Crippen molar-refractivity contribution < 1.29 is 8.42 Å². The van der Waals surface area contributed by atoms with Crippen LogP contribution in [0, 0.1) is 0 Å². The van der Waals surface area contributed by atoms with E-state index in [1.54, 1.807) is 38.1 Å². The standard InChI is InChI=1S/C12H21N3O2S/c1-10(2)14-18(16,17)12-6-4-11(5-7-12)15(3)9-8-13/h4-7,10,14H,8-9,13H2,1-3H3. The first-order valence-electron chi connectivity index (χ1n) is 5.90. The second-order valence-corrected chi connectivity index (χ2v) is 6.19. The van der Waals surface area contributed by atoms with E-state index in [2.05, 4.69) is 4.72 Å². The van der Waals surface area contributed by atoms with Gasteiger partial charge in [-0.1, -0.05) is 0 Å². The van der Waals surface area contributed by atoms with Gasteiger partial charge in [-0.05, 0) is 38.1 Å². The minimum atomic E-state index is -3.41. The highest BCUT2D eigenvalue weighted by Crippen LogP contribution is 2.16. The number of rotatable bonds is 6. The SMILES string of the molecule is CC(C)NS(=O)(=O)c1ccc(N(C)CCN)cc1. The summed E-state index contributed by atoms with van der Waals surface area (Å²) in [6.45, 7) is 4.88. The molecule has 0 aromatic heterocycles. The number of benzene rings is 1. The molecule has 0 heterocycles. The van der Waals surface area contributed by atoms with Gasteiger partial charge in [0.25, 0.3) is 0 Å². The minimum absolute atomic E-state index is 0.116. The van der Waals surface area contributed by atoms with Gasteiger partial charge in [0.1, 0.15) is 0 Å². The molecular weight excluding hydrogens is 250 g/mol. The van der Waals surface area contributed by atoms with Crippen LogP contribution in [0.15, 0.2) is 29.2 Å². The van der Waals surface area contributed by atoms with Crippen LogP contribution < -0.4 is 15.4 Å². The van der Waals surface area contributed by atoms with Crippen molar-refractivity contribution in [1.82, 2.24) is 4.72 Å². The van der Waals surface area contributed by atoms with E-state index in [9.17, 15) is 8.42 Å². The Balaban J connectivity index is 2.89. The van der Waals surface area contributed by atoms with E-state index in [0.717, 1.165) is 12.2 Å². The molecular formula is C12H21N3O2S. The van der Waals surface area contributed by atoms with E-state index < -0.39 is 10.0 Å². The van der Waals surface area contributed by atoms with Gasteiger partial charge in [-0.15, -0.1) is 0 Å². The van der Waals surface area contributed by atoms with Crippen molar-refractivity contribution in [3.05, 3.63) is 24.3 Å². The van der Waals surface area contributed by atoms with E-state index >= 15 is 0 Å². The molecule has 18 heavy (non-hydrogen) atoms. The summed E-state index contributed by atoms with van der Waals surface area (Å²) in [5, 5.41) is 0. The van der Waals surface area contributed by atoms with Gasteiger partial charge >= 0.3 is 0 Å². The largest absolute Gasteiger partial charge is 0.373 e. The van der Waals surface area contributed by atoms with Gasteiger partial charge in [0, 0.05) is 31.9 Å². The first-order chi connectivity index (χ1) is 8.36. The van der Waals surface area contributed by atoms with Crippen LogP contribution in [0.1, 0.15) is 13.8 Å². The summed E-state index contributed by atoms with van der Waals surface area (Å²) in [4.78, 5) is 2.26. The molecule has 0 aliphatic rings. The van der Waals surface area contributed by atoms with Gasteiger partial charge < -0.3 is 10.6 Å². The number of hydrogen-bond donors (Lipinski definition) is 2. The topological polar surface area (TPSA) is 75.4 Å². The van der Waals surface area contributed by atoms with Crippen molar-refractivity contribution in [1.29, 1.82) is 0 Å². The molecule has 102 valence electrons. The van der Waals surface area contributed by atoms with Crippen molar-refractivity contribution >= 4 is 15.7 Å². The third-order valence-electron chi connectivity index (χ3n) is 2.44.